The second-order valence-corrected chi connectivity index (χ2v) is 4.42. The Morgan fingerprint density at radius 3 is 2.44 bits per heavy atom. The summed E-state index contributed by atoms with van der Waals surface area (Å²) in [6.07, 6.45) is -4.47. The number of nitrogens with zero attached hydrogens (tertiary/aromatic N) is 1. The van der Waals surface area contributed by atoms with E-state index in [2.05, 4.69) is 15.9 Å². The molecule has 0 aromatic heterocycles. The fourth-order valence-electron chi connectivity index (χ4n) is 1.36. The van der Waals surface area contributed by atoms with Crippen LogP contribution in [0.3, 0.4) is 0 Å². The first-order valence-electron chi connectivity index (χ1n) is 5.05. The Balaban J connectivity index is 2.93. The SMILES string of the molecule is CCN(CC(F)(F)F)C(=O)c1ccc(Br)c(F)c1. The van der Waals surface area contributed by atoms with Crippen LogP contribution in [0.5, 0.6) is 0 Å². The van der Waals surface area contributed by atoms with E-state index in [1.54, 1.807) is 0 Å². The van der Waals surface area contributed by atoms with E-state index in [1.807, 2.05) is 0 Å². The first-order chi connectivity index (χ1) is 8.24. The van der Waals surface area contributed by atoms with Crippen molar-refractivity contribution in [2.45, 2.75) is 13.1 Å². The van der Waals surface area contributed by atoms with Crippen LogP contribution < -0.4 is 0 Å². The van der Waals surface area contributed by atoms with Crippen molar-refractivity contribution in [2.24, 2.45) is 0 Å². The van der Waals surface area contributed by atoms with E-state index < -0.39 is 24.4 Å². The lowest BCUT2D eigenvalue weighted by atomic mass is 10.2. The third kappa shape index (κ3) is 3.97. The van der Waals surface area contributed by atoms with Crippen molar-refractivity contribution in [3.05, 3.63) is 34.1 Å². The molecule has 0 radical (unpaired) electrons. The Kier molecular flexibility index (Phi) is 4.72. The van der Waals surface area contributed by atoms with Gasteiger partial charge in [-0.3, -0.25) is 4.79 Å². The van der Waals surface area contributed by atoms with Crippen LogP contribution in [0.15, 0.2) is 22.7 Å². The van der Waals surface area contributed by atoms with Crippen LogP contribution in [-0.4, -0.2) is 30.1 Å². The molecule has 0 saturated carbocycles. The van der Waals surface area contributed by atoms with Crippen molar-refractivity contribution in [2.75, 3.05) is 13.1 Å². The number of rotatable bonds is 3. The van der Waals surface area contributed by atoms with Gasteiger partial charge in [-0.1, -0.05) is 0 Å². The van der Waals surface area contributed by atoms with Crippen LogP contribution >= 0.6 is 15.9 Å². The molecule has 1 amide bonds. The van der Waals surface area contributed by atoms with Crippen molar-refractivity contribution in [3.8, 4) is 0 Å². The zero-order valence-electron chi connectivity index (χ0n) is 9.39. The third-order valence-corrected chi connectivity index (χ3v) is 2.85. The van der Waals surface area contributed by atoms with Crippen molar-refractivity contribution < 1.29 is 22.4 Å². The number of hydrogen-bond acceptors (Lipinski definition) is 1. The maximum absolute atomic E-state index is 13.2. The first-order valence-corrected chi connectivity index (χ1v) is 5.85. The maximum atomic E-state index is 13.2. The van der Waals surface area contributed by atoms with Crippen LogP contribution in [0.1, 0.15) is 17.3 Å². The Bertz CT molecular complexity index is 447. The summed E-state index contributed by atoms with van der Waals surface area (Å²) in [5.41, 5.74) is -0.109. The van der Waals surface area contributed by atoms with Gasteiger partial charge in [0.1, 0.15) is 12.4 Å². The second kappa shape index (κ2) is 5.69. The molecule has 0 unspecified atom stereocenters. The van der Waals surface area contributed by atoms with Gasteiger partial charge in [-0.15, -0.1) is 0 Å². The Morgan fingerprint density at radius 2 is 2.00 bits per heavy atom. The predicted molar refractivity (Wildman–Crippen MR) is 61.7 cm³/mol. The van der Waals surface area contributed by atoms with Crippen molar-refractivity contribution in [1.82, 2.24) is 4.90 Å². The van der Waals surface area contributed by atoms with Gasteiger partial charge in [0.05, 0.1) is 4.47 Å². The highest BCUT2D eigenvalue weighted by Gasteiger charge is 2.32. The molecule has 100 valence electrons. The van der Waals surface area contributed by atoms with Crippen LogP contribution in [0.25, 0.3) is 0 Å². The maximum Gasteiger partial charge on any atom is 0.406 e. The smallest absolute Gasteiger partial charge is 0.330 e. The standard InChI is InChI=1S/C11H10BrF4NO/c1-2-17(6-11(14,15)16)10(18)7-3-4-8(12)9(13)5-7/h3-5H,2,6H2,1H3. The zero-order valence-corrected chi connectivity index (χ0v) is 11.0. The van der Waals surface area contributed by atoms with Crippen LogP contribution in [0, 0.1) is 5.82 Å². The van der Waals surface area contributed by atoms with Crippen molar-refractivity contribution in [3.63, 3.8) is 0 Å². The topological polar surface area (TPSA) is 20.3 Å². The molecular formula is C11H10BrF4NO. The molecule has 1 rings (SSSR count). The van der Waals surface area contributed by atoms with Gasteiger partial charge in [-0.2, -0.15) is 13.2 Å². The van der Waals surface area contributed by atoms with E-state index >= 15 is 0 Å². The van der Waals surface area contributed by atoms with Crippen LogP contribution in [-0.2, 0) is 0 Å². The molecule has 0 saturated heterocycles. The van der Waals surface area contributed by atoms with Gasteiger partial charge < -0.3 is 4.90 Å². The van der Waals surface area contributed by atoms with E-state index in [4.69, 9.17) is 0 Å². The van der Waals surface area contributed by atoms with Gasteiger partial charge in [0.2, 0.25) is 0 Å². The van der Waals surface area contributed by atoms with Gasteiger partial charge in [0.25, 0.3) is 5.91 Å². The summed E-state index contributed by atoms with van der Waals surface area (Å²) < 4.78 is 50.1. The minimum atomic E-state index is -4.47. The molecule has 0 fully saturated rings. The highest BCUT2D eigenvalue weighted by Crippen LogP contribution is 2.20. The fraction of sp³-hybridized carbons (Fsp3) is 0.364. The summed E-state index contributed by atoms with van der Waals surface area (Å²) in [5, 5.41) is 0. The van der Waals surface area contributed by atoms with E-state index in [1.165, 1.54) is 19.1 Å². The molecule has 2 nitrogen and oxygen atoms in total. The van der Waals surface area contributed by atoms with Gasteiger partial charge in [-0.05, 0) is 41.1 Å². The summed E-state index contributed by atoms with van der Waals surface area (Å²) >= 11 is 2.90. The summed E-state index contributed by atoms with van der Waals surface area (Å²) in [6, 6.07) is 3.46. The number of alkyl halides is 3. The van der Waals surface area contributed by atoms with Crippen molar-refractivity contribution in [1.29, 1.82) is 0 Å². The van der Waals surface area contributed by atoms with Gasteiger partial charge in [0.15, 0.2) is 0 Å². The molecule has 0 N–H and O–H groups in total. The lowest BCUT2D eigenvalue weighted by Crippen LogP contribution is -2.38. The largest absolute Gasteiger partial charge is 0.406 e. The molecule has 0 aliphatic heterocycles. The molecule has 0 bridgehead atoms. The highest BCUT2D eigenvalue weighted by atomic mass is 79.9. The highest BCUT2D eigenvalue weighted by molar-refractivity contribution is 9.10. The molecule has 0 aliphatic carbocycles. The normalized spacial score (nSPS) is 11.4. The molecule has 0 aliphatic rings. The van der Waals surface area contributed by atoms with Crippen LogP contribution in [0.4, 0.5) is 17.6 Å². The molecule has 1 aromatic rings. The molecule has 18 heavy (non-hydrogen) atoms. The van der Waals surface area contributed by atoms with Gasteiger partial charge >= 0.3 is 6.18 Å². The summed E-state index contributed by atoms with van der Waals surface area (Å²) in [4.78, 5) is 12.4. The summed E-state index contributed by atoms with van der Waals surface area (Å²) in [7, 11) is 0. The lowest BCUT2D eigenvalue weighted by molar-refractivity contribution is -0.140. The average molecular weight is 328 g/mol. The van der Waals surface area contributed by atoms with Gasteiger partial charge in [0, 0.05) is 12.1 Å². The Hall–Kier alpha value is -1.11. The van der Waals surface area contributed by atoms with E-state index in [9.17, 15) is 22.4 Å². The zero-order chi connectivity index (χ0) is 13.9. The summed E-state index contributed by atoms with van der Waals surface area (Å²) in [5.74, 6) is -1.54. The third-order valence-electron chi connectivity index (χ3n) is 2.21. The average Bonchev–Trinajstić information content (AvgIpc) is 2.27. The number of halogens is 5. The number of benzene rings is 1. The van der Waals surface area contributed by atoms with E-state index in [0.29, 0.717) is 4.90 Å². The molecule has 0 atom stereocenters. The van der Waals surface area contributed by atoms with Crippen LogP contribution in [0.2, 0.25) is 0 Å². The predicted octanol–water partition coefficient (Wildman–Crippen LogP) is 3.61. The first kappa shape index (κ1) is 14.9. The van der Waals surface area contributed by atoms with E-state index in [0.717, 1.165) is 6.07 Å². The molecule has 7 heteroatoms. The number of carbonyl (C=O) groups is 1. The fourth-order valence-corrected chi connectivity index (χ4v) is 1.60. The Morgan fingerprint density at radius 1 is 1.39 bits per heavy atom. The number of hydrogen-bond donors (Lipinski definition) is 0. The van der Waals surface area contributed by atoms with E-state index in [-0.39, 0.29) is 16.6 Å². The summed E-state index contributed by atoms with van der Waals surface area (Å²) in [6.45, 7) is -0.0190. The molecule has 0 spiro atoms. The number of carbonyl (C=O) groups excluding carboxylic acids is 1. The lowest BCUT2D eigenvalue weighted by Gasteiger charge is -2.22. The van der Waals surface area contributed by atoms with Gasteiger partial charge in [-0.25, -0.2) is 4.39 Å². The minimum Gasteiger partial charge on any atom is -0.330 e. The quantitative estimate of drug-likeness (QED) is 0.776. The Labute approximate surface area is 110 Å². The molecular weight excluding hydrogens is 318 g/mol. The number of amides is 1. The molecule has 0 heterocycles. The monoisotopic (exact) mass is 327 g/mol. The minimum absolute atomic E-state index is 0.101. The van der Waals surface area contributed by atoms with Crippen molar-refractivity contribution >= 4 is 21.8 Å². The molecule has 1 aromatic carbocycles. The second-order valence-electron chi connectivity index (χ2n) is 3.56.